The maximum atomic E-state index is 6.66. The van der Waals surface area contributed by atoms with Crippen LogP contribution in [0.1, 0.15) is 44.5 Å². The summed E-state index contributed by atoms with van der Waals surface area (Å²) in [4.78, 5) is 2.57. The lowest BCUT2D eigenvalue weighted by Crippen LogP contribution is -2.33. The van der Waals surface area contributed by atoms with Crippen LogP contribution in [0.5, 0.6) is 0 Å². The Bertz CT molecular complexity index is 5220. The molecule has 2 spiro atoms. The summed E-state index contributed by atoms with van der Waals surface area (Å²) >= 11 is 0. The Labute approximate surface area is 467 Å². The molecule has 0 N–H and O–H groups in total. The largest absolute Gasteiger partial charge is 0.455 e. The van der Waals surface area contributed by atoms with Gasteiger partial charge in [0.2, 0.25) is 0 Å². The molecule has 0 fully saturated rings. The Morgan fingerprint density at radius 2 is 0.815 bits per heavy atom. The van der Waals surface area contributed by atoms with Crippen LogP contribution in [0.3, 0.4) is 0 Å². The van der Waals surface area contributed by atoms with Crippen molar-refractivity contribution in [1.29, 1.82) is 0 Å². The van der Waals surface area contributed by atoms with Crippen LogP contribution in [0.4, 0.5) is 17.1 Å². The molecule has 1 unspecified atom stereocenters. The first-order valence-electron chi connectivity index (χ1n) is 28.2. The van der Waals surface area contributed by atoms with Crippen LogP contribution in [0.2, 0.25) is 0 Å². The van der Waals surface area contributed by atoms with Crippen LogP contribution in [0.25, 0.3) is 105 Å². The van der Waals surface area contributed by atoms with Crippen molar-refractivity contribution in [2.45, 2.75) is 10.8 Å². The normalized spacial score (nSPS) is 15.3. The van der Waals surface area contributed by atoms with E-state index in [0.29, 0.717) is 0 Å². The SMILES string of the molecule is c1ccc2c(c1)-c1ccccc1C21c2ccccc2-c2c1cc(N(c1ccc(-c3cccc4c3oc3ccccc34)cc1)c1ccc3c(c1)C1(c4ccccc4-3)c3ccccc3-n3c4ccccc4c4cccc1c43)c1ccccc21. The zero-order chi connectivity index (χ0) is 52.7. The maximum Gasteiger partial charge on any atom is 0.143 e. The highest BCUT2D eigenvalue weighted by molar-refractivity contribution is 6.15. The number of rotatable bonds is 4. The second-order valence-corrected chi connectivity index (χ2v) is 22.5. The fourth-order valence-corrected chi connectivity index (χ4v) is 16.0. The van der Waals surface area contributed by atoms with Gasteiger partial charge < -0.3 is 13.9 Å². The minimum absolute atomic E-state index is 0.550. The molecule has 0 amide bonds. The van der Waals surface area contributed by atoms with Gasteiger partial charge in [0.05, 0.1) is 33.2 Å². The first kappa shape index (κ1) is 43.5. The van der Waals surface area contributed by atoms with Crippen molar-refractivity contribution in [1.82, 2.24) is 4.57 Å². The van der Waals surface area contributed by atoms with Crippen molar-refractivity contribution in [3.63, 3.8) is 0 Å². The summed E-state index contributed by atoms with van der Waals surface area (Å²) in [5.74, 6) is 0. The first-order chi connectivity index (χ1) is 40.2. The summed E-state index contributed by atoms with van der Waals surface area (Å²) in [6.45, 7) is 0. The second-order valence-electron chi connectivity index (χ2n) is 22.5. The predicted molar refractivity (Wildman–Crippen MR) is 333 cm³/mol. The quantitative estimate of drug-likeness (QED) is 0.175. The Morgan fingerprint density at radius 1 is 0.309 bits per heavy atom. The molecule has 1 atom stereocenters. The summed E-state index contributed by atoms with van der Waals surface area (Å²) in [5.41, 5.74) is 27.9. The third-order valence-electron chi connectivity index (χ3n) is 19.0. The van der Waals surface area contributed by atoms with Crippen molar-refractivity contribution in [2.24, 2.45) is 0 Å². The fourth-order valence-electron chi connectivity index (χ4n) is 16.0. The maximum absolute atomic E-state index is 6.66. The molecular weight excluding hydrogens is 981 g/mol. The lowest BCUT2D eigenvalue weighted by molar-refractivity contribution is 0.670. The van der Waals surface area contributed by atoms with Crippen LogP contribution in [0.15, 0.2) is 283 Å². The molecule has 0 bridgehead atoms. The average molecular weight is 1030 g/mol. The highest BCUT2D eigenvalue weighted by Crippen LogP contribution is 2.66. The zero-order valence-corrected chi connectivity index (χ0v) is 43.9. The van der Waals surface area contributed by atoms with Crippen LogP contribution in [0, 0.1) is 0 Å². The van der Waals surface area contributed by atoms with Crippen molar-refractivity contribution >= 4 is 71.6 Å². The lowest BCUT2D eigenvalue weighted by atomic mass is 9.65. The van der Waals surface area contributed by atoms with E-state index in [-0.39, 0.29) is 0 Å². The van der Waals surface area contributed by atoms with E-state index in [2.05, 4.69) is 282 Å². The van der Waals surface area contributed by atoms with Crippen molar-refractivity contribution < 1.29 is 4.42 Å². The van der Waals surface area contributed by atoms with Gasteiger partial charge in [-0.05, 0) is 137 Å². The zero-order valence-electron chi connectivity index (χ0n) is 43.9. The molecule has 3 heterocycles. The molecule has 81 heavy (non-hydrogen) atoms. The number of benzene rings is 13. The number of para-hydroxylation sites is 5. The summed E-state index contributed by atoms with van der Waals surface area (Å²) < 4.78 is 9.20. The number of aromatic nitrogens is 1. The number of nitrogens with zero attached hydrogens (tertiary/aromatic N) is 2. The Balaban J connectivity index is 0.914. The molecule has 3 aliphatic carbocycles. The van der Waals surface area contributed by atoms with Crippen molar-refractivity contribution in [3.8, 4) is 50.2 Å². The minimum Gasteiger partial charge on any atom is -0.455 e. The second kappa shape index (κ2) is 15.6. The van der Waals surface area contributed by atoms with Gasteiger partial charge in [0.25, 0.3) is 0 Å². The van der Waals surface area contributed by atoms with E-state index in [9.17, 15) is 0 Å². The summed E-state index contributed by atoms with van der Waals surface area (Å²) in [6.07, 6.45) is 0. The number of hydrogen-bond donors (Lipinski definition) is 0. The van der Waals surface area contributed by atoms with E-state index in [1.807, 2.05) is 6.07 Å². The van der Waals surface area contributed by atoms with E-state index in [0.717, 1.165) is 50.1 Å². The summed E-state index contributed by atoms with van der Waals surface area (Å²) in [5, 5.41) is 7.21. The molecule has 374 valence electrons. The molecule has 0 radical (unpaired) electrons. The van der Waals surface area contributed by atoms with Gasteiger partial charge in [-0.25, -0.2) is 0 Å². The molecule has 13 aromatic carbocycles. The smallest absolute Gasteiger partial charge is 0.143 e. The molecule has 0 saturated carbocycles. The van der Waals surface area contributed by atoms with Crippen molar-refractivity contribution in [2.75, 3.05) is 4.90 Å². The van der Waals surface area contributed by atoms with E-state index in [4.69, 9.17) is 4.42 Å². The standard InChI is InChI=1S/C78H46N2O/c1-2-25-58-55(22-1)72(46-69-74(58)61-26-6-12-33-65(61)77(69)62-30-9-3-19-51(62)52-20-4-10-31-63(52)77)79(48-41-39-47(40-42-48)50-27-17-29-60-57-24-8-16-38-73(57)81-76(50)60)49-43-44-54-53-21-5-11-32-64(53)78(68(54)45-49)66-34-13-15-37-71(66)80-70-36-14-7-23-56(70)59-28-18-35-67(78)75(59)80/h1-46H. The molecule has 19 rings (SSSR count). The lowest BCUT2D eigenvalue weighted by Gasteiger charge is -2.40. The highest BCUT2D eigenvalue weighted by Gasteiger charge is 2.54. The first-order valence-corrected chi connectivity index (χ1v) is 28.2. The Kier molecular flexibility index (Phi) is 8.39. The predicted octanol–water partition coefficient (Wildman–Crippen LogP) is 20.0. The van der Waals surface area contributed by atoms with Crippen LogP contribution < -0.4 is 4.90 Å². The van der Waals surface area contributed by atoms with Gasteiger partial charge in [0, 0.05) is 43.9 Å². The van der Waals surface area contributed by atoms with Crippen LogP contribution in [-0.2, 0) is 10.8 Å². The number of anilines is 3. The van der Waals surface area contributed by atoms with Gasteiger partial charge >= 0.3 is 0 Å². The molecule has 0 saturated heterocycles. The number of furan rings is 1. The van der Waals surface area contributed by atoms with E-state index in [1.165, 1.54) is 116 Å². The topological polar surface area (TPSA) is 21.3 Å². The number of hydrogen-bond acceptors (Lipinski definition) is 2. The molecule has 4 aliphatic rings. The van der Waals surface area contributed by atoms with E-state index in [1.54, 1.807) is 0 Å². The fraction of sp³-hybridized carbons (Fsp3) is 0.0256. The minimum atomic E-state index is -0.633. The average Bonchev–Trinajstić information content (AvgIpc) is 2.15. The molecule has 15 aromatic rings. The van der Waals surface area contributed by atoms with E-state index >= 15 is 0 Å². The number of fused-ring (bicyclic) bond motifs is 27. The summed E-state index contributed by atoms with van der Waals surface area (Å²) in [7, 11) is 0. The highest BCUT2D eigenvalue weighted by atomic mass is 16.3. The molecule has 2 aromatic heterocycles. The molecule has 3 heteroatoms. The van der Waals surface area contributed by atoms with E-state index < -0.39 is 10.8 Å². The van der Waals surface area contributed by atoms with Gasteiger partial charge in [0.1, 0.15) is 11.2 Å². The van der Waals surface area contributed by atoms with Crippen LogP contribution >= 0.6 is 0 Å². The Morgan fingerprint density at radius 3 is 1.56 bits per heavy atom. The molecule has 3 nitrogen and oxygen atoms in total. The Hall–Kier alpha value is -10.5. The monoisotopic (exact) mass is 1030 g/mol. The van der Waals surface area contributed by atoms with Crippen LogP contribution in [-0.4, -0.2) is 4.57 Å². The van der Waals surface area contributed by atoms with Gasteiger partial charge in [-0.15, -0.1) is 0 Å². The van der Waals surface area contributed by atoms with Crippen molar-refractivity contribution in [3.05, 3.63) is 324 Å². The third-order valence-corrected chi connectivity index (χ3v) is 19.0. The molecular formula is C78H46N2O. The van der Waals surface area contributed by atoms with Gasteiger partial charge in [-0.1, -0.05) is 231 Å². The third kappa shape index (κ3) is 5.30. The molecule has 1 aliphatic heterocycles. The summed E-state index contributed by atoms with van der Waals surface area (Å²) in [6, 6.07) is 105. The van der Waals surface area contributed by atoms with Gasteiger partial charge in [-0.3, -0.25) is 0 Å². The van der Waals surface area contributed by atoms with Gasteiger partial charge in [-0.2, -0.15) is 0 Å². The van der Waals surface area contributed by atoms with Gasteiger partial charge in [0.15, 0.2) is 0 Å².